The number of carbonyl (C=O) groups excluding carboxylic acids is 2. The monoisotopic (exact) mass is 1430 g/mol. The highest BCUT2D eigenvalue weighted by Crippen LogP contribution is 2.53. The van der Waals surface area contributed by atoms with E-state index in [-0.39, 0.29) is 52.7 Å². The number of hydrogen-bond acceptors (Lipinski definition) is 16. The zero-order valence-electron chi connectivity index (χ0n) is 63.5. The van der Waals surface area contributed by atoms with Crippen molar-refractivity contribution in [1.29, 1.82) is 0 Å². The van der Waals surface area contributed by atoms with Crippen LogP contribution >= 0.6 is 16.3 Å². The molecule has 2 unspecified atom stereocenters. The molecule has 0 saturated carbocycles. The van der Waals surface area contributed by atoms with Crippen LogP contribution in [0.15, 0.2) is 0 Å². The molecule has 0 heterocycles. The van der Waals surface area contributed by atoms with Crippen LogP contribution in [0.25, 0.3) is 0 Å². The molecule has 0 rings (SSSR count). The molecule has 0 radical (unpaired) electrons. The average Bonchev–Trinajstić information content (AvgIpc) is 1.77. The maximum absolute atomic E-state index is 12.6. The largest absolute Gasteiger partial charge is 0.570 e. The van der Waals surface area contributed by atoms with Gasteiger partial charge in [0, 0.05) is 26.3 Å². The van der Waals surface area contributed by atoms with Crippen LogP contribution in [0.3, 0.4) is 0 Å². The minimum atomic E-state index is -4.33. The van der Waals surface area contributed by atoms with Gasteiger partial charge in [0.2, 0.25) is 11.8 Å². The number of aliphatic hydroxyl groups excluding tert-OH is 2. The normalized spacial score (nSPS) is 13.4. The van der Waals surface area contributed by atoms with E-state index in [1.807, 2.05) is 0 Å². The van der Waals surface area contributed by atoms with Crippen molar-refractivity contribution in [3.05, 3.63) is 0 Å². The van der Waals surface area contributed by atoms with Gasteiger partial charge in [-0.05, 0) is 38.5 Å². The summed E-state index contributed by atoms with van der Waals surface area (Å²) in [6.45, 7) is 9.25. The zero-order chi connectivity index (χ0) is 70.9. The van der Waals surface area contributed by atoms with Gasteiger partial charge in [-0.2, -0.15) is 37.7 Å². The Morgan fingerprint density at radius 3 is 0.742 bits per heavy atom. The molecule has 97 heavy (non-hydrogen) atoms. The first-order valence-corrected chi connectivity index (χ1v) is 44.2. The van der Waals surface area contributed by atoms with Crippen molar-refractivity contribution in [1.82, 2.24) is 21.3 Å². The Bertz CT molecular complexity index is 1510. The molecule has 0 aromatic carbocycles. The van der Waals surface area contributed by atoms with Crippen LogP contribution in [0.2, 0.25) is 0 Å². The van der Waals surface area contributed by atoms with E-state index in [1.165, 1.54) is 283 Å². The van der Waals surface area contributed by atoms with E-state index >= 15 is 0 Å². The fraction of sp³-hybridized carbons (Fsp3) is 0.974. The molecule has 0 aliphatic heterocycles. The third kappa shape index (κ3) is 74.8. The molecule has 0 spiro atoms. The van der Waals surface area contributed by atoms with Crippen molar-refractivity contribution in [3.63, 3.8) is 0 Å². The van der Waals surface area contributed by atoms with Crippen molar-refractivity contribution in [3.8, 4) is 0 Å². The first-order valence-electron chi connectivity index (χ1n) is 41.1. The van der Waals surface area contributed by atoms with Gasteiger partial charge >= 0.3 is 16.3 Å². The lowest BCUT2D eigenvalue weighted by molar-refractivity contribution is -0.129. The minimum absolute atomic E-state index is 0.139. The van der Waals surface area contributed by atoms with Gasteiger partial charge in [0.05, 0.1) is 25.3 Å². The van der Waals surface area contributed by atoms with Crippen LogP contribution in [0.4, 0.5) is 0 Å². The van der Waals surface area contributed by atoms with E-state index in [9.17, 15) is 39.4 Å². The van der Waals surface area contributed by atoms with Gasteiger partial charge < -0.3 is 30.3 Å². The van der Waals surface area contributed by atoms with Crippen LogP contribution in [-0.2, 0) is 37.2 Å². The highest BCUT2D eigenvalue weighted by atomic mass is 31.2. The predicted octanol–water partition coefficient (Wildman–Crippen LogP) is 19.5. The minimum Gasteiger partial charge on any atom is -0.380 e. The molecule has 18 nitrogen and oxygen atoms in total. The van der Waals surface area contributed by atoms with Crippen molar-refractivity contribution in [2.24, 2.45) is 0 Å². The number of unbranched alkanes of at least 4 members (excludes halogenated alkanes) is 50. The summed E-state index contributed by atoms with van der Waals surface area (Å²) in [7, 11) is -8.65. The molecule has 0 aliphatic carbocycles. The molecule has 10 N–H and O–H groups in total. The molecule has 2 amide bonds. The Morgan fingerprint density at radius 1 is 0.289 bits per heavy atom. The highest BCUT2D eigenvalue weighted by molar-refractivity contribution is 7.54. The van der Waals surface area contributed by atoms with Gasteiger partial charge in [-0.1, -0.05) is 349 Å². The van der Waals surface area contributed by atoms with Crippen molar-refractivity contribution < 1.29 is 66.9 Å². The number of amides is 2. The summed E-state index contributed by atoms with van der Waals surface area (Å²) in [6, 6.07) is -1.07. The lowest BCUT2D eigenvalue weighted by atomic mass is 10.0. The second-order valence-electron chi connectivity index (χ2n) is 28.3. The predicted molar refractivity (Wildman–Crippen MR) is 406 cm³/mol. The first kappa shape index (κ1) is 96.2. The molecule has 20 heteroatoms. The van der Waals surface area contributed by atoms with Crippen molar-refractivity contribution in [2.75, 3.05) is 65.9 Å². The van der Waals surface area contributed by atoms with E-state index in [4.69, 9.17) is 27.6 Å². The second-order valence-corrected chi connectivity index (χ2v) is 31.3. The number of nitrogens with one attached hydrogen (secondary N) is 4. The summed E-state index contributed by atoms with van der Waals surface area (Å²) >= 11 is 0. The Balaban J connectivity index is 4.86. The van der Waals surface area contributed by atoms with Crippen LogP contribution < -0.4 is 21.3 Å². The molecule has 0 fully saturated rings. The summed E-state index contributed by atoms with van der Waals surface area (Å²) in [5.41, 5.74) is 0. The van der Waals surface area contributed by atoms with Crippen LogP contribution in [0.5, 0.6) is 0 Å². The van der Waals surface area contributed by atoms with E-state index in [0.717, 1.165) is 64.2 Å². The van der Waals surface area contributed by atoms with E-state index in [1.54, 1.807) is 0 Å². The SMILES string of the molecule is CCCCCCCCCCCCCCCCCCOC[C@@H](CO[P+](O)(O)OCCNC(=O)CC(=O)NCCO[P+](O)(O)OC[C@H](COCCCCCCCCCCCCCCCCCC)NC(O)CCCCCCCCCCCCC)NC(O)CCCCCCCCCCCCC. The first-order chi connectivity index (χ1) is 47.3. The average molecular weight is 1430 g/mol. The second kappa shape index (κ2) is 74.9. The molecule has 0 aromatic heterocycles. The molecule has 0 aromatic rings. The van der Waals surface area contributed by atoms with E-state index in [0.29, 0.717) is 26.1 Å². The number of aliphatic hydroxyl groups is 2. The molecule has 0 saturated heterocycles. The molecule has 0 aliphatic rings. The fourth-order valence-electron chi connectivity index (χ4n) is 12.4. The summed E-state index contributed by atoms with van der Waals surface area (Å²) in [6.07, 6.45) is 66.8. The molecular weight excluding hydrogens is 1270 g/mol. The summed E-state index contributed by atoms with van der Waals surface area (Å²) < 4.78 is 33.5. The Labute approximate surface area is 597 Å². The quantitative estimate of drug-likeness (QED) is 0.0118. The molecule has 0 bridgehead atoms. The van der Waals surface area contributed by atoms with Gasteiger partial charge in [0.25, 0.3) is 0 Å². The van der Waals surface area contributed by atoms with Gasteiger partial charge in [0.1, 0.15) is 45.3 Å². The zero-order valence-corrected chi connectivity index (χ0v) is 65.3. The smallest absolute Gasteiger partial charge is 0.380 e. The van der Waals surface area contributed by atoms with Crippen LogP contribution in [-0.4, -0.2) is 132 Å². The number of ether oxygens (including phenoxy) is 2. The van der Waals surface area contributed by atoms with Gasteiger partial charge in [-0.15, -0.1) is 0 Å². The highest BCUT2D eigenvalue weighted by Gasteiger charge is 2.41. The third-order valence-electron chi connectivity index (χ3n) is 18.5. The van der Waals surface area contributed by atoms with Gasteiger partial charge in [-0.3, -0.25) is 20.2 Å². The van der Waals surface area contributed by atoms with Crippen LogP contribution in [0.1, 0.15) is 394 Å². The van der Waals surface area contributed by atoms with Gasteiger partial charge in [0.15, 0.2) is 0 Å². The molecule has 580 valence electrons. The molecular formula is C77H160N4O14P2+2. The fourth-order valence-corrected chi connectivity index (χ4v) is 13.9. The summed E-state index contributed by atoms with van der Waals surface area (Å²) in [5, 5.41) is 33.3. The summed E-state index contributed by atoms with van der Waals surface area (Å²) in [5.74, 6) is -1.29. The summed E-state index contributed by atoms with van der Waals surface area (Å²) in [4.78, 5) is 67.9. The lowest BCUT2D eigenvalue weighted by Crippen LogP contribution is -2.44. The lowest BCUT2D eigenvalue weighted by Gasteiger charge is -2.22. The Kier molecular flexibility index (Phi) is 74.4. The number of carbonyl (C=O) groups is 2. The van der Waals surface area contributed by atoms with Crippen LogP contribution in [0, 0.1) is 0 Å². The maximum Gasteiger partial charge on any atom is 0.570 e. The standard InChI is InChI=1S/C77H158N4O14P2/c1-5-9-13-17-21-25-29-31-33-35-37-41-45-49-53-57-63-90-68-72(80-74(82)59-55-51-47-43-39-27-23-19-15-11-7-3)70-94-96(86,87)92-65-61-78-76(84)67-77(85)79-62-66-93-97(88,89)95-71-73(81-75(83)60-56-52-48-44-40-28-24-20-16-12-8-4)69-91-64-58-54-50-46-42-38-36-34-32-30-26-22-18-14-10-6-2/h72-75,80-83,86-89H,5-71H2,1-4H3/p+2/t72-,73-,74?,75?/m0/s1. The van der Waals surface area contributed by atoms with Crippen molar-refractivity contribution in [2.45, 2.75) is 418 Å². The Hall–Kier alpha value is -0.760. The van der Waals surface area contributed by atoms with E-state index in [2.05, 4.69) is 49.0 Å². The van der Waals surface area contributed by atoms with Gasteiger partial charge in [-0.25, -0.2) is 0 Å². The Morgan fingerprint density at radius 2 is 0.505 bits per heavy atom. The van der Waals surface area contributed by atoms with E-state index < -0.39 is 59.1 Å². The molecule has 4 atom stereocenters. The third-order valence-corrected chi connectivity index (χ3v) is 20.5. The van der Waals surface area contributed by atoms with Crippen molar-refractivity contribution >= 4 is 28.2 Å². The number of rotatable bonds is 82. The number of hydrogen-bond donors (Lipinski definition) is 10. The topological polar surface area (TPSA) is 259 Å². The maximum atomic E-state index is 12.6.